The number of nitrogens with two attached hydrogens (primary N) is 1. The lowest BCUT2D eigenvalue weighted by Crippen LogP contribution is -2.49. The molecule has 0 aliphatic heterocycles. The van der Waals surface area contributed by atoms with Crippen LogP contribution in [-0.4, -0.2) is 36.2 Å². The Kier molecular flexibility index (Phi) is 6.99. The minimum absolute atomic E-state index is 0.132. The van der Waals surface area contributed by atoms with Gasteiger partial charge in [-0.1, -0.05) is 19.8 Å². The summed E-state index contributed by atoms with van der Waals surface area (Å²) in [6.45, 7) is 5.00. The molecule has 0 aliphatic rings. The summed E-state index contributed by atoms with van der Waals surface area (Å²) in [6.07, 6.45) is -1.51. The highest BCUT2D eigenvalue weighted by atomic mass is 19.4. The first kappa shape index (κ1) is 15.7. The zero-order valence-electron chi connectivity index (χ0n) is 10.3. The van der Waals surface area contributed by atoms with Crippen molar-refractivity contribution in [1.82, 2.24) is 4.90 Å². The molecule has 1 atom stereocenters. The summed E-state index contributed by atoms with van der Waals surface area (Å²) < 4.78 is 37.2. The highest BCUT2D eigenvalue weighted by Gasteiger charge is 2.34. The molecule has 0 rings (SSSR count). The van der Waals surface area contributed by atoms with Gasteiger partial charge in [0.15, 0.2) is 0 Å². The molecular weight excluding hydrogens is 217 g/mol. The molecule has 0 spiro atoms. The number of halogens is 3. The average molecular weight is 240 g/mol. The average Bonchev–Trinajstić information content (AvgIpc) is 2.15. The van der Waals surface area contributed by atoms with Crippen molar-refractivity contribution in [2.24, 2.45) is 5.73 Å². The first-order chi connectivity index (χ1) is 7.31. The Morgan fingerprint density at radius 2 is 1.81 bits per heavy atom. The van der Waals surface area contributed by atoms with Crippen LogP contribution in [0.2, 0.25) is 0 Å². The van der Waals surface area contributed by atoms with E-state index in [0.29, 0.717) is 0 Å². The van der Waals surface area contributed by atoms with E-state index < -0.39 is 12.7 Å². The van der Waals surface area contributed by atoms with Crippen molar-refractivity contribution in [3.8, 4) is 0 Å². The van der Waals surface area contributed by atoms with E-state index in [2.05, 4.69) is 0 Å². The molecule has 98 valence electrons. The van der Waals surface area contributed by atoms with Gasteiger partial charge in [0.05, 0.1) is 6.54 Å². The van der Waals surface area contributed by atoms with Crippen LogP contribution in [0, 0.1) is 0 Å². The molecule has 0 radical (unpaired) electrons. The van der Waals surface area contributed by atoms with Crippen LogP contribution in [0.4, 0.5) is 13.2 Å². The first-order valence-corrected chi connectivity index (χ1v) is 5.84. The number of hydrogen-bond donors (Lipinski definition) is 1. The van der Waals surface area contributed by atoms with Crippen LogP contribution in [0.3, 0.4) is 0 Å². The zero-order chi connectivity index (χ0) is 12.8. The molecule has 0 fully saturated rings. The second-order valence-corrected chi connectivity index (χ2v) is 4.41. The Labute approximate surface area is 96.0 Å². The van der Waals surface area contributed by atoms with Crippen LogP contribution in [0.15, 0.2) is 0 Å². The molecule has 0 aliphatic carbocycles. The lowest BCUT2D eigenvalue weighted by atomic mass is 10.1. The lowest BCUT2D eigenvalue weighted by Gasteiger charge is -2.34. The number of alkyl halides is 3. The van der Waals surface area contributed by atoms with E-state index in [4.69, 9.17) is 5.73 Å². The summed E-state index contributed by atoms with van der Waals surface area (Å²) in [5, 5.41) is 0. The fraction of sp³-hybridized carbons (Fsp3) is 1.00. The Balaban J connectivity index is 4.47. The van der Waals surface area contributed by atoms with Crippen molar-refractivity contribution in [2.75, 3.05) is 13.1 Å². The van der Waals surface area contributed by atoms with Gasteiger partial charge in [-0.15, -0.1) is 0 Å². The van der Waals surface area contributed by atoms with Gasteiger partial charge in [-0.3, -0.25) is 4.90 Å². The zero-order valence-corrected chi connectivity index (χ0v) is 10.3. The van der Waals surface area contributed by atoms with Crippen LogP contribution >= 0.6 is 0 Å². The smallest absolute Gasteiger partial charge is 0.329 e. The van der Waals surface area contributed by atoms with Crippen molar-refractivity contribution in [2.45, 2.75) is 58.3 Å². The van der Waals surface area contributed by atoms with E-state index in [1.165, 1.54) is 4.90 Å². The van der Waals surface area contributed by atoms with Crippen LogP contribution in [-0.2, 0) is 0 Å². The molecule has 0 saturated heterocycles. The van der Waals surface area contributed by atoms with E-state index in [-0.39, 0.29) is 18.6 Å². The molecule has 0 aromatic carbocycles. The Bertz CT molecular complexity index is 181. The summed E-state index contributed by atoms with van der Waals surface area (Å²) >= 11 is 0. The normalized spacial score (nSPS) is 14.8. The first-order valence-electron chi connectivity index (χ1n) is 5.84. The molecule has 1 unspecified atom stereocenters. The third-order valence-corrected chi connectivity index (χ3v) is 2.66. The molecule has 2 N–H and O–H groups in total. The molecule has 16 heavy (non-hydrogen) atoms. The maximum absolute atomic E-state index is 12.4. The van der Waals surface area contributed by atoms with Gasteiger partial charge in [0.2, 0.25) is 0 Å². The number of unbranched alkanes of at least 4 members (excludes halogenated alkanes) is 1. The Hall–Kier alpha value is -0.290. The van der Waals surface area contributed by atoms with E-state index in [0.717, 1.165) is 19.3 Å². The van der Waals surface area contributed by atoms with Gasteiger partial charge in [0.1, 0.15) is 0 Å². The Morgan fingerprint density at radius 1 is 1.25 bits per heavy atom. The second-order valence-electron chi connectivity index (χ2n) is 4.41. The molecule has 0 amide bonds. The number of nitrogens with zero attached hydrogens (tertiary/aromatic N) is 1. The van der Waals surface area contributed by atoms with Crippen LogP contribution in [0.5, 0.6) is 0 Å². The highest BCUT2D eigenvalue weighted by Crippen LogP contribution is 2.21. The minimum atomic E-state index is -4.15. The fourth-order valence-electron chi connectivity index (χ4n) is 1.80. The predicted molar refractivity (Wildman–Crippen MR) is 60.3 cm³/mol. The van der Waals surface area contributed by atoms with E-state index in [1.807, 2.05) is 6.92 Å². The third kappa shape index (κ3) is 6.33. The molecule has 0 heterocycles. The topological polar surface area (TPSA) is 29.3 Å². The van der Waals surface area contributed by atoms with Crippen molar-refractivity contribution in [1.29, 1.82) is 0 Å². The van der Waals surface area contributed by atoms with E-state index >= 15 is 0 Å². The summed E-state index contributed by atoms with van der Waals surface area (Å²) in [6, 6.07) is -0.298. The standard InChI is InChI=1S/C11H23F3N2/c1-4-5-6-10(7-15)16(9(2)3)8-11(12,13)14/h9-10H,4-8,15H2,1-3H3. The van der Waals surface area contributed by atoms with Crippen LogP contribution in [0.25, 0.3) is 0 Å². The van der Waals surface area contributed by atoms with Gasteiger partial charge in [-0.05, 0) is 20.3 Å². The molecule has 2 nitrogen and oxygen atoms in total. The van der Waals surface area contributed by atoms with E-state index in [9.17, 15) is 13.2 Å². The summed E-state index contributed by atoms with van der Waals surface area (Å²) in [5.41, 5.74) is 5.56. The van der Waals surface area contributed by atoms with E-state index in [1.54, 1.807) is 13.8 Å². The molecular formula is C11H23F3N2. The van der Waals surface area contributed by atoms with Crippen molar-refractivity contribution >= 4 is 0 Å². The maximum atomic E-state index is 12.4. The molecule has 0 aromatic heterocycles. The second kappa shape index (κ2) is 7.12. The maximum Gasteiger partial charge on any atom is 0.401 e. The van der Waals surface area contributed by atoms with Gasteiger partial charge < -0.3 is 5.73 Å². The van der Waals surface area contributed by atoms with Crippen LogP contribution < -0.4 is 5.73 Å². The molecule has 0 bridgehead atoms. The third-order valence-electron chi connectivity index (χ3n) is 2.66. The predicted octanol–water partition coefficient (Wildman–Crippen LogP) is 2.78. The number of rotatable bonds is 7. The largest absolute Gasteiger partial charge is 0.401 e. The van der Waals surface area contributed by atoms with Crippen molar-refractivity contribution in [3.05, 3.63) is 0 Å². The van der Waals surface area contributed by atoms with Gasteiger partial charge in [0.25, 0.3) is 0 Å². The molecule has 0 aromatic rings. The van der Waals surface area contributed by atoms with Gasteiger partial charge in [-0.25, -0.2) is 0 Å². The van der Waals surface area contributed by atoms with Gasteiger partial charge in [0, 0.05) is 18.6 Å². The van der Waals surface area contributed by atoms with Gasteiger partial charge >= 0.3 is 6.18 Å². The highest BCUT2D eigenvalue weighted by molar-refractivity contribution is 4.77. The molecule has 0 saturated carbocycles. The quantitative estimate of drug-likeness (QED) is 0.741. The van der Waals surface area contributed by atoms with Crippen molar-refractivity contribution < 1.29 is 13.2 Å². The summed E-state index contributed by atoms with van der Waals surface area (Å²) in [7, 11) is 0. The number of hydrogen-bond acceptors (Lipinski definition) is 2. The van der Waals surface area contributed by atoms with Crippen molar-refractivity contribution in [3.63, 3.8) is 0 Å². The van der Waals surface area contributed by atoms with Gasteiger partial charge in [-0.2, -0.15) is 13.2 Å². The summed E-state index contributed by atoms with van der Waals surface area (Å²) in [4.78, 5) is 1.45. The minimum Gasteiger partial charge on any atom is -0.329 e. The fourth-order valence-corrected chi connectivity index (χ4v) is 1.80. The lowest BCUT2D eigenvalue weighted by molar-refractivity contribution is -0.155. The van der Waals surface area contributed by atoms with Crippen LogP contribution in [0.1, 0.15) is 40.0 Å². The monoisotopic (exact) mass is 240 g/mol. The SMILES string of the molecule is CCCCC(CN)N(CC(F)(F)F)C(C)C. The Morgan fingerprint density at radius 3 is 2.12 bits per heavy atom. The molecule has 5 heteroatoms. The summed E-state index contributed by atoms with van der Waals surface area (Å²) in [5.74, 6) is 0.